The van der Waals surface area contributed by atoms with Crippen LogP contribution < -0.4 is 9.47 Å². The van der Waals surface area contributed by atoms with E-state index in [-0.39, 0.29) is 17.8 Å². The number of carbonyl (C=O) groups is 2. The van der Waals surface area contributed by atoms with Gasteiger partial charge in [-0.3, -0.25) is 14.5 Å². The van der Waals surface area contributed by atoms with Crippen LogP contribution in [0.3, 0.4) is 0 Å². The van der Waals surface area contributed by atoms with E-state index in [2.05, 4.69) is 18.4 Å². The van der Waals surface area contributed by atoms with Crippen LogP contribution >= 0.6 is 0 Å². The molecule has 37 heavy (non-hydrogen) atoms. The number of nitrogens with zero attached hydrogens (tertiary/aromatic N) is 1. The number of likely N-dealkylation sites (tertiary alicyclic amines) is 1. The summed E-state index contributed by atoms with van der Waals surface area (Å²) in [5, 5.41) is 12.2. The second-order valence-corrected chi connectivity index (χ2v) is 11.6. The van der Waals surface area contributed by atoms with Crippen LogP contribution in [0.5, 0.6) is 11.5 Å². The minimum atomic E-state index is -1.05. The lowest BCUT2D eigenvalue weighted by atomic mass is 9.49. The number of hydrogen-bond acceptors (Lipinski definition) is 6. The van der Waals surface area contributed by atoms with Gasteiger partial charge in [-0.15, -0.1) is 6.58 Å². The van der Waals surface area contributed by atoms with E-state index in [1.165, 1.54) is 38.5 Å². The summed E-state index contributed by atoms with van der Waals surface area (Å²) in [4.78, 5) is 28.2. The number of aliphatic hydroxyl groups is 1. The zero-order chi connectivity index (χ0) is 26.0. The van der Waals surface area contributed by atoms with E-state index in [1.807, 2.05) is 18.2 Å². The van der Waals surface area contributed by atoms with Crippen molar-refractivity contribution in [2.75, 3.05) is 13.1 Å². The molecule has 4 atom stereocenters. The lowest BCUT2D eigenvalue weighted by molar-refractivity contribution is -0.187. The van der Waals surface area contributed by atoms with Crippen LogP contribution in [-0.2, 0) is 21.4 Å². The molecule has 0 amide bonds. The topological polar surface area (TPSA) is 76.1 Å². The van der Waals surface area contributed by atoms with Gasteiger partial charge in [-0.2, -0.15) is 0 Å². The molecule has 202 valence electrons. The van der Waals surface area contributed by atoms with Gasteiger partial charge in [-0.05, 0) is 37.3 Å². The molecule has 1 aromatic rings. The molecule has 1 spiro atoms. The minimum absolute atomic E-state index is 0.0385. The van der Waals surface area contributed by atoms with Crippen molar-refractivity contribution < 1.29 is 24.2 Å². The molecule has 2 aliphatic carbocycles. The molecule has 2 aliphatic heterocycles. The first-order chi connectivity index (χ1) is 18.0. The zero-order valence-electron chi connectivity index (χ0n) is 22.4. The molecule has 2 bridgehead atoms. The summed E-state index contributed by atoms with van der Waals surface area (Å²) in [5.41, 5.74) is 0.183. The molecule has 4 unspecified atom stereocenters. The highest BCUT2D eigenvalue weighted by molar-refractivity contribution is 5.90. The van der Waals surface area contributed by atoms with Crippen LogP contribution in [0.15, 0.2) is 24.8 Å². The van der Waals surface area contributed by atoms with Gasteiger partial charge in [0, 0.05) is 37.5 Å². The van der Waals surface area contributed by atoms with Crippen molar-refractivity contribution in [3.8, 4) is 11.5 Å². The normalized spacial score (nSPS) is 29.5. The zero-order valence-corrected chi connectivity index (χ0v) is 22.4. The number of rotatable bonds is 13. The van der Waals surface area contributed by atoms with Crippen molar-refractivity contribution in [2.24, 2.45) is 0 Å². The molecule has 4 aliphatic rings. The van der Waals surface area contributed by atoms with Crippen LogP contribution in [0.4, 0.5) is 0 Å². The molecule has 6 heteroatoms. The monoisotopic (exact) mass is 509 g/mol. The van der Waals surface area contributed by atoms with E-state index < -0.39 is 17.1 Å². The van der Waals surface area contributed by atoms with Gasteiger partial charge in [-0.1, -0.05) is 70.4 Å². The maximum Gasteiger partial charge on any atom is 0.311 e. The molecule has 0 aromatic heterocycles. The molecule has 1 aromatic carbocycles. The van der Waals surface area contributed by atoms with Crippen LogP contribution in [-0.4, -0.2) is 52.6 Å². The van der Waals surface area contributed by atoms with Crippen molar-refractivity contribution in [2.45, 2.75) is 120 Å². The minimum Gasteiger partial charge on any atom is -0.477 e. The summed E-state index contributed by atoms with van der Waals surface area (Å²) in [6.07, 6.45) is 14.4. The number of hydrogen-bond donors (Lipinski definition) is 1. The van der Waals surface area contributed by atoms with E-state index in [1.54, 1.807) is 0 Å². The summed E-state index contributed by atoms with van der Waals surface area (Å²) in [7, 11) is 0. The Kier molecular flexibility index (Phi) is 7.78. The lowest BCUT2D eigenvalue weighted by Crippen LogP contribution is -2.76. The van der Waals surface area contributed by atoms with Crippen LogP contribution in [0.25, 0.3) is 0 Å². The Morgan fingerprint density at radius 3 is 2.62 bits per heavy atom. The Morgan fingerprint density at radius 1 is 1.16 bits per heavy atom. The molecule has 0 radical (unpaired) electrons. The second-order valence-electron chi connectivity index (χ2n) is 11.6. The van der Waals surface area contributed by atoms with Gasteiger partial charge in [0.25, 0.3) is 0 Å². The number of carbonyl (C=O) groups excluding carboxylic acids is 2. The third-order valence-electron chi connectivity index (χ3n) is 9.43. The summed E-state index contributed by atoms with van der Waals surface area (Å²) >= 11 is 0. The molecular weight excluding hydrogens is 466 g/mol. The van der Waals surface area contributed by atoms with Crippen molar-refractivity contribution in [3.63, 3.8) is 0 Å². The SMILES string of the molecule is C=CCN1CCC23c4c5ccc(OC(=O)CCCCCCCCCCC)c4OC2C(=O)CCC3(O)C1C5. The summed E-state index contributed by atoms with van der Waals surface area (Å²) < 4.78 is 12.2. The average molecular weight is 510 g/mol. The summed E-state index contributed by atoms with van der Waals surface area (Å²) in [6, 6.07) is 3.74. The van der Waals surface area contributed by atoms with E-state index in [4.69, 9.17) is 9.47 Å². The standard InChI is InChI=1S/C31H43NO5/c1-3-5-6-7-8-9-10-11-12-13-26(34)36-24-15-14-22-21-25-31(35)17-16-23(33)29-30(31,27(22)28(24)37-29)18-20-32(25)19-4-2/h4,14-15,25,29,35H,2-3,5-13,16-21H2,1H3. The van der Waals surface area contributed by atoms with Crippen LogP contribution in [0, 0.1) is 0 Å². The Bertz CT molecular complexity index is 1040. The molecule has 2 heterocycles. The molecule has 6 nitrogen and oxygen atoms in total. The van der Waals surface area contributed by atoms with Gasteiger partial charge in [0.05, 0.1) is 11.0 Å². The predicted molar refractivity (Wildman–Crippen MR) is 143 cm³/mol. The van der Waals surface area contributed by atoms with Gasteiger partial charge in [0.1, 0.15) is 0 Å². The Balaban J connectivity index is 1.28. The van der Waals surface area contributed by atoms with Crippen molar-refractivity contribution in [3.05, 3.63) is 35.9 Å². The van der Waals surface area contributed by atoms with Crippen molar-refractivity contribution in [1.29, 1.82) is 0 Å². The Labute approximate surface area is 221 Å². The van der Waals surface area contributed by atoms with E-state index in [0.717, 1.165) is 36.9 Å². The first-order valence-corrected chi connectivity index (χ1v) is 14.6. The first kappa shape index (κ1) is 26.4. The number of piperidine rings is 1. The second kappa shape index (κ2) is 10.9. The first-order valence-electron chi connectivity index (χ1n) is 14.6. The van der Waals surface area contributed by atoms with Gasteiger partial charge < -0.3 is 14.6 Å². The number of ether oxygens (including phenoxy) is 2. The maximum absolute atomic E-state index is 13.1. The highest BCUT2D eigenvalue weighted by atomic mass is 16.6. The van der Waals surface area contributed by atoms with Crippen LogP contribution in [0.1, 0.15) is 102 Å². The summed E-state index contributed by atoms with van der Waals surface area (Å²) in [5.74, 6) is 0.681. The number of esters is 1. The fourth-order valence-corrected chi connectivity index (χ4v) is 7.62. The van der Waals surface area contributed by atoms with Gasteiger partial charge in [-0.25, -0.2) is 0 Å². The number of benzene rings is 1. The third-order valence-corrected chi connectivity index (χ3v) is 9.43. The average Bonchev–Trinajstić information content (AvgIpc) is 3.24. The quantitative estimate of drug-likeness (QED) is 0.166. The van der Waals surface area contributed by atoms with Gasteiger partial charge in [0.15, 0.2) is 23.4 Å². The highest BCUT2D eigenvalue weighted by Gasteiger charge is 2.73. The van der Waals surface area contributed by atoms with Crippen LogP contribution in [0.2, 0.25) is 0 Å². The fourth-order valence-electron chi connectivity index (χ4n) is 7.62. The molecule has 2 fully saturated rings. The Morgan fingerprint density at radius 2 is 1.89 bits per heavy atom. The molecular formula is C31H43NO5. The molecule has 1 N–H and O–H groups in total. The molecule has 1 saturated heterocycles. The highest BCUT2D eigenvalue weighted by Crippen LogP contribution is 2.64. The maximum atomic E-state index is 13.1. The number of Topliss-reactive ketones (excluding diaryl/α,β-unsaturated/α-hetero) is 1. The Hall–Kier alpha value is -2.18. The number of ketones is 1. The van der Waals surface area contributed by atoms with E-state index >= 15 is 0 Å². The molecule has 5 rings (SSSR count). The smallest absolute Gasteiger partial charge is 0.311 e. The van der Waals surface area contributed by atoms with Crippen molar-refractivity contribution >= 4 is 11.8 Å². The third kappa shape index (κ3) is 4.44. The van der Waals surface area contributed by atoms with Gasteiger partial charge >= 0.3 is 5.97 Å². The summed E-state index contributed by atoms with van der Waals surface area (Å²) in [6.45, 7) is 7.62. The predicted octanol–water partition coefficient (Wildman–Crippen LogP) is 5.42. The molecule has 1 saturated carbocycles. The number of unbranched alkanes of at least 4 members (excludes halogenated alkanes) is 8. The lowest BCUT2D eigenvalue weighted by Gasteiger charge is -2.62. The largest absolute Gasteiger partial charge is 0.477 e. The fraction of sp³-hybridized carbons (Fsp3) is 0.677. The van der Waals surface area contributed by atoms with Gasteiger partial charge in [0.2, 0.25) is 0 Å². The van der Waals surface area contributed by atoms with Crippen molar-refractivity contribution in [1.82, 2.24) is 4.90 Å². The van der Waals surface area contributed by atoms with E-state index in [9.17, 15) is 14.7 Å². The van der Waals surface area contributed by atoms with E-state index in [0.29, 0.717) is 50.1 Å².